The third kappa shape index (κ3) is 1.85. The van der Waals surface area contributed by atoms with Crippen molar-refractivity contribution in [2.24, 2.45) is 0 Å². The number of aromatic nitrogens is 2. The quantitative estimate of drug-likeness (QED) is 0.863. The summed E-state index contributed by atoms with van der Waals surface area (Å²) in [5, 5.41) is 8.40. The van der Waals surface area contributed by atoms with E-state index in [-0.39, 0.29) is 17.2 Å². The molecule has 0 N–H and O–H groups in total. The third-order valence-corrected chi connectivity index (χ3v) is 4.28. The Kier molecular flexibility index (Phi) is 2.63. The molecule has 2 aliphatic rings. The minimum atomic E-state index is -0.223. The maximum absolute atomic E-state index is 13.0. The zero-order chi connectivity index (χ0) is 13.6. The number of ether oxygens (including phenoxy) is 1. The summed E-state index contributed by atoms with van der Waals surface area (Å²) in [6, 6.07) is 6.59. The summed E-state index contributed by atoms with van der Waals surface area (Å²) in [5.41, 5.74) is 0.857. The molecule has 1 atom stereocenters. The summed E-state index contributed by atoms with van der Waals surface area (Å²) in [6.07, 6.45) is 2.88. The molecule has 0 amide bonds. The molecular formula is C15H15FN2O2. The lowest BCUT2D eigenvalue weighted by Gasteiger charge is -2.10. The minimum Gasteiger partial charge on any atom is -0.424 e. The molecule has 1 saturated carbocycles. The molecule has 2 aromatic rings. The van der Waals surface area contributed by atoms with E-state index >= 15 is 0 Å². The van der Waals surface area contributed by atoms with Crippen LogP contribution in [0.15, 0.2) is 28.7 Å². The van der Waals surface area contributed by atoms with Crippen molar-refractivity contribution in [3.05, 3.63) is 47.4 Å². The van der Waals surface area contributed by atoms with E-state index in [2.05, 4.69) is 10.2 Å². The van der Waals surface area contributed by atoms with Crippen LogP contribution in [-0.2, 0) is 10.2 Å². The molecule has 2 heterocycles. The number of benzene rings is 1. The molecule has 20 heavy (non-hydrogen) atoms. The van der Waals surface area contributed by atoms with Gasteiger partial charge in [-0.1, -0.05) is 12.1 Å². The molecular weight excluding hydrogens is 259 g/mol. The van der Waals surface area contributed by atoms with E-state index in [0.29, 0.717) is 18.4 Å². The molecule has 1 saturated heterocycles. The normalized spacial score (nSPS) is 23.9. The Morgan fingerprint density at radius 2 is 1.95 bits per heavy atom. The van der Waals surface area contributed by atoms with E-state index in [1.54, 1.807) is 0 Å². The second-order valence-corrected chi connectivity index (χ2v) is 5.59. The fourth-order valence-corrected chi connectivity index (χ4v) is 2.84. The first kappa shape index (κ1) is 12.0. The second kappa shape index (κ2) is 4.38. The first-order valence-electron chi connectivity index (χ1n) is 6.96. The highest BCUT2D eigenvalue weighted by molar-refractivity contribution is 5.38. The lowest BCUT2D eigenvalue weighted by molar-refractivity contribution is 0.190. The monoisotopic (exact) mass is 274 g/mol. The fraction of sp³-hybridized carbons (Fsp3) is 0.467. The van der Waals surface area contributed by atoms with E-state index in [9.17, 15) is 4.39 Å². The Balaban J connectivity index is 1.65. The number of hydrogen-bond acceptors (Lipinski definition) is 4. The highest BCUT2D eigenvalue weighted by atomic mass is 19.1. The standard InChI is InChI=1S/C15H15FN2O2/c16-12-3-1-11(2-4-12)15(6-7-15)14-18-17-13(20-14)10-5-8-19-9-10/h1-4,10H,5-9H2. The summed E-state index contributed by atoms with van der Waals surface area (Å²) >= 11 is 0. The molecule has 0 spiro atoms. The van der Waals surface area contributed by atoms with Gasteiger partial charge in [0.2, 0.25) is 11.8 Å². The van der Waals surface area contributed by atoms with Gasteiger partial charge < -0.3 is 9.15 Å². The molecule has 1 aliphatic carbocycles. The Bertz CT molecular complexity index is 613. The zero-order valence-electron chi connectivity index (χ0n) is 11.0. The van der Waals surface area contributed by atoms with Crippen molar-refractivity contribution in [3.63, 3.8) is 0 Å². The molecule has 5 heteroatoms. The van der Waals surface area contributed by atoms with Crippen LogP contribution in [0.4, 0.5) is 4.39 Å². The van der Waals surface area contributed by atoms with Crippen molar-refractivity contribution in [3.8, 4) is 0 Å². The fourth-order valence-electron chi connectivity index (χ4n) is 2.84. The third-order valence-electron chi connectivity index (χ3n) is 4.28. The Hall–Kier alpha value is -1.75. The van der Waals surface area contributed by atoms with E-state index < -0.39 is 0 Å². The predicted octanol–water partition coefficient (Wildman–Crippen LogP) is 2.79. The Morgan fingerprint density at radius 3 is 2.60 bits per heavy atom. The van der Waals surface area contributed by atoms with Gasteiger partial charge in [-0.15, -0.1) is 10.2 Å². The van der Waals surface area contributed by atoms with Crippen molar-refractivity contribution in [2.75, 3.05) is 13.2 Å². The van der Waals surface area contributed by atoms with Gasteiger partial charge in [0.1, 0.15) is 5.82 Å². The van der Waals surface area contributed by atoms with Gasteiger partial charge in [0.15, 0.2) is 0 Å². The first-order valence-corrected chi connectivity index (χ1v) is 6.96. The number of nitrogens with zero attached hydrogens (tertiary/aromatic N) is 2. The summed E-state index contributed by atoms with van der Waals surface area (Å²) in [4.78, 5) is 0. The summed E-state index contributed by atoms with van der Waals surface area (Å²) in [7, 11) is 0. The summed E-state index contributed by atoms with van der Waals surface area (Å²) in [5.74, 6) is 1.33. The predicted molar refractivity (Wildman–Crippen MR) is 68.9 cm³/mol. The lowest BCUT2D eigenvalue weighted by Crippen LogP contribution is -2.09. The van der Waals surface area contributed by atoms with Gasteiger partial charge in [-0.05, 0) is 37.0 Å². The molecule has 104 valence electrons. The molecule has 1 unspecified atom stereocenters. The molecule has 1 aromatic carbocycles. The van der Waals surface area contributed by atoms with E-state index in [4.69, 9.17) is 9.15 Å². The van der Waals surface area contributed by atoms with Crippen LogP contribution in [0.2, 0.25) is 0 Å². The number of halogens is 1. The van der Waals surface area contributed by atoms with Crippen LogP contribution in [-0.4, -0.2) is 23.4 Å². The molecule has 4 rings (SSSR count). The highest BCUT2D eigenvalue weighted by Crippen LogP contribution is 2.53. The zero-order valence-corrected chi connectivity index (χ0v) is 11.0. The molecule has 1 aromatic heterocycles. The SMILES string of the molecule is Fc1ccc(C2(c3nnc(C4CCOC4)o3)CC2)cc1. The van der Waals surface area contributed by atoms with Crippen LogP contribution >= 0.6 is 0 Å². The average molecular weight is 274 g/mol. The van der Waals surface area contributed by atoms with Gasteiger partial charge in [-0.3, -0.25) is 0 Å². The van der Waals surface area contributed by atoms with Crippen molar-refractivity contribution >= 4 is 0 Å². The summed E-state index contributed by atoms with van der Waals surface area (Å²) in [6.45, 7) is 1.41. The van der Waals surface area contributed by atoms with Crippen LogP contribution in [0.3, 0.4) is 0 Å². The van der Waals surface area contributed by atoms with Gasteiger partial charge in [0, 0.05) is 6.61 Å². The first-order chi connectivity index (χ1) is 9.78. The Morgan fingerprint density at radius 1 is 1.15 bits per heavy atom. The molecule has 2 fully saturated rings. The van der Waals surface area contributed by atoms with Gasteiger partial charge in [-0.25, -0.2) is 4.39 Å². The summed E-state index contributed by atoms with van der Waals surface area (Å²) < 4.78 is 24.3. The number of hydrogen-bond donors (Lipinski definition) is 0. The van der Waals surface area contributed by atoms with Crippen LogP contribution in [0.1, 0.15) is 42.5 Å². The van der Waals surface area contributed by atoms with Gasteiger partial charge in [0.25, 0.3) is 0 Å². The van der Waals surface area contributed by atoms with Gasteiger partial charge >= 0.3 is 0 Å². The maximum Gasteiger partial charge on any atom is 0.227 e. The lowest BCUT2D eigenvalue weighted by atomic mass is 9.96. The minimum absolute atomic E-state index is 0.196. The van der Waals surface area contributed by atoms with Gasteiger partial charge in [0.05, 0.1) is 17.9 Å². The van der Waals surface area contributed by atoms with Crippen molar-refractivity contribution in [2.45, 2.75) is 30.6 Å². The van der Waals surface area contributed by atoms with Crippen LogP contribution in [0.5, 0.6) is 0 Å². The molecule has 0 bridgehead atoms. The van der Waals surface area contributed by atoms with Crippen LogP contribution in [0.25, 0.3) is 0 Å². The molecule has 4 nitrogen and oxygen atoms in total. The van der Waals surface area contributed by atoms with E-state index in [1.165, 1.54) is 12.1 Å². The molecule has 1 aliphatic heterocycles. The highest BCUT2D eigenvalue weighted by Gasteiger charge is 2.51. The van der Waals surface area contributed by atoms with Crippen molar-refractivity contribution in [1.82, 2.24) is 10.2 Å². The van der Waals surface area contributed by atoms with E-state index in [0.717, 1.165) is 31.4 Å². The topological polar surface area (TPSA) is 48.2 Å². The van der Waals surface area contributed by atoms with Crippen molar-refractivity contribution < 1.29 is 13.5 Å². The second-order valence-electron chi connectivity index (χ2n) is 5.59. The van der Waals surface area contributed by atoms with Gasteiger partial charge in [-0.2, -0.15) is 0 Å². The van der Waals surface area contributed by atoms with Crippen molar-refractivity contribution in [1.29, 1.82) is 0 Å². The van der Waals surface area contributed by atoms with Crippen LogP contribution < -0.4 is 0 Å². The van der Waals surface area contributed by atoms with E-state index in [1.807, 2.05) is 12.1 Å². The Labute approximate surface area is 116 Å². The maximum atomic E-state index is 13.0. The molecule has 0 radical (unpaired) electrons. The number of rotatable bonds is 3. The average Bonchev–Trinajstić information content (AvgIpc) is 2.93. The largest absolute Gasteiger partial charge is 0.424 e. The smallest absolute Gasteiger partial charge is 0.227 e. The van der Waals surface area contributed by atoms with Crippen LogP contribution in [0, 0.1) is 5.82 Å².